The first-order valence-corrected chi connectivity index (χ1v) is 8.68. The Morgan fingerprint density at radius 1 is 1.21 bits per heavy atom. The fraction of sp³-hybridized carbons (Fsp3) is 0.375. The lowest BCUT2D eigenvalue weighted by molar-refractivity contribution is -0.119. The van der Waals surface area contributed by atoms with Crippen molar-refractivity contribution in [1.29, 1.82) is 0 Å². The standard InChI is InChI=1S/C16H21N5O2S/c1-4-17-15(23)18-14(22)11(3)24-16-20-19-13(21(16)5-2)12-9-7-6-8-10-12/h6-11H,4-5H2,1-3H3,(H2,17,18,22,23)/t11-/m0/s1. The Morgan fingerprint density at radius 2 is 1.92 bits per heavy atom. The Balaban J connectivity index is 2.11. The molecule has 0 spiro atoms. The van der Waals surface area contributed by atoms with Crippen LogP contribution >= 0.6 is 11.8 Å². The fourth-order valence-electron chi connectivity index (χ4n) is 2.09. The van der Waals surface area contributed by atoms with Crippen LogP contribution in [0, 0.1) is 0 Å². The maximum absolute atomic E-state index is 12.1. The van der Waals surface area contributed by atoms with Gasteiger partial charge < -0.3 is 9.88 Å². The molecule has 0 saturated heterocycles. The predicted octanol–water partition coefficient (Wildman–Crippen LogP) is 2.29. The number of benzene rings is 1. The number of rotatable bonds is 6. The van der Waals surface area contributed by atoms with Crippen molar-refractivity contribution in [3.8, 4) is 11.4 Å². The molecule has 0 saturated carbocycles. The van der Waals surface area contributed by atoms with E-state index in [4.69, 9.17) is 0 Å². The first-order chi connectivity index (χ1) is 11.6. The minimum atomic E-state index is -0.489. The van der Waals surface area contributed by atoms with E-state index in [2.05, 4.69) is 20.8 Å². The summed E-state index contributed by atoms with van der Waals surface area (Å²) < 4.78 is 1.95. The van der Waals surface area contributed by atoms with E-state index in [1.807, 2.05) is 41.8 Å². The number of thioether (sulfide) groups is 1. The van der Waals surface area contributed by atoms with Gasteiger partial charge in [0.2, 0.25) is 5.91 Å². The average molecular weight is 347 g/mol. The van der Waals surface area contributed by atoms with E-state index >= 15 is 0 Å². The third kappa shape index (κ3) is 4.35. The van der Waals surface area contributed by atoms with Crippen LogP contribution in [0.1, 0.15) is 20.8 Å². The van der Waals surface area contributed by atoms with Gasteiger partial charge in [0.05, 0.1) is 5.25 Å². The normalized spacial score (nSPS) is 11.8. The SMILES string of the molecule is CCNC(=O)NC(=O)[C@H](C)Sc1nnc(-c2ccccc2)n1CC. The molecule has 1 atom stereocenters. The van der Waals surface area contributed by atoms with Crippen LogP contribution in [-0.4, -0.2) is 38.5 Å². The summed E-state index contributed by atoms with van der Waals surface area (Å²) in [5.74, 6) is 0.398. The zero-order valence-electron chi connectivity index (χ0n) is 13.9. The zero-order valence-corrected chi connectivity index (χ0v) is 14.8. The highest BCUT2D eigenvalue weighted by molar-refractivity contribution is 8.00. The third-order valence-electron chi connectivity index (χ3n) is 3.29. The molecule has 8 heteroatoms. The van der Waals surface area contributed by atoms with Crippen molar-refractivity contribution in [3.05, 3.63) is 30.3 Å². The highest BCUT2D eigenvalue weighted by Gasteiger charge is 2.21. The molecule has 2 aromatic rings. The van der Waals surface area contributed by atoms with Crippen molar-refractivity contribution in [2.24, 2.45) is 0 Å². The van der Waals surface area contributed by atoms with Gasteiger partial charge in [0, 0.05) is 18.7 Å². The Labute approximate surface area is 145 Å². The highest BCUT2D eigenvalue weighted by atomic mass is 32.2. The lowest BCUT2D eigenvalue weighted by Gasteiger charge is -2.12. The summed E-state index contributed by atoms with van der Waals surface area (Å²) in [7, 11) is 0. The molecule has 1 aromatic carbocycles. The zero-order chi connectivity index (χ0) is 17.5. The van der Waals surface area contributed by atoms with Gasteiger partial charge in [-0.3, -0.25) is 10.1 Å². The van der Waals surface area contributed by atoms with Gasteiger partial charge in [-0.1, -0.05) is 42.1 Å². The predicted molar refractivity (Wildman–Crippen MR) is 93.7 cm³/mol. The van der Waals surface area contributed by atoms with Crippen molar-refractivity contribution in [2.45, 2.75) is 37.7 Å². The molecule has 1 aromatic heterocycles. The number of aromatic nitrogens is 3. The average Bonchev–Trinajstić information content (AvgIpc) is 2.98. The molecule has 0 aliphatic carbocycles. The molecular formula is C16H21N5O2S. The van der Waals surface area contributed by atoms with Gasteiger partial charge in [0.1, 0.15) is 0 Å². The summed E-state index contributed by atoms with van der Waals surface area (Å²) >= 11 is 1.28. The Hall–Kier alpha value is -2.35. The van der Waals surface area contributed by atoms with E-state index in [0.29, 0.717) is 18.2 Å². The molecule has 2 rings (SSSR count). The lowest BCUT2D eigenvalue weighted by atomic mass is 10.2. The number of hydrogen-bond acceptors (Lipinski definition) is 5. The Bertz CT molecular complexity index is 702. The maximum atomic E-state index is 12.1. The summed E-state index contributed by atoms with van der Waals surface area (Å²) in [5, 5.41) is 13.5. The molecule has 0 radical (unpaired) electrons. The van der Waals surface area contributed by atoms with Gasteiger partial charge in [-0.25, -0.2) is 4.79 Å². The Morgan fingerprint density at radius 3 is 2.54 bits per heavy atom. The summed E-state index contributed by atoms with van der Waals surface area (Å²) in [5.41, 5.74) is 0.970. The van der Waals surface area contributed by atoms with Crippen molar-refractivity contribution in [1.82, 2.24) is 25.4 Å². The summed E-state index contributed by atoms with van der Waals surface area (Å²) in [4.78, 5) is 23.5. The quantitative estimate of drug-likeness (QED) is 0.783. The summed E-state index contributed by atoms with van der Waals surface area (Å²) in [6.07, 6.45) is 0. The number of amides is 3. The number of nitrogens with zero attached hydrogens (tertiary/aromatic N) is 3. The van der Waals surface area contributed by atoms with Crippen LogP contribution in [0.15, 0.2) is 35.5 Å². The van der Waals surface area contributed by atoms with E-state index in [1.54, 1.807) is 13.8 Å². The van der Waals surface area contributed by atoms with Gasteiger partial charge in [0.15, 0.2) is 11.0 Å². The summed E-state index contributed by atoms with van der Waals surface area (Å²) in [6.45, 7) is 6.67. The van der Waals surface area contributed by atoms with Crippen LogP contribution in [0.25, 0.3) is 11.4 Å². The van der Waals surface area contributed by atoms with E-state index in [0.717, 1.165) is 11.4 Å². The molecule has 0 fully saturated rings. The number of carbonyl (C=O) groups excluding carboxylic acids is 2. The largest absolute Gasteiger partial charge is 0.338 e. The molecule has 0 bridgehead atoms. The van der Waals surface area contributed by atoms with Crippen LogP contribution in [-0.2, 0) is 11.3 Å². The van der Waals surface area contributed by atoms with E-state index in [1.165, 1.54) is 11.8 Å². The molecule has 24 heavy (non-hydrogen) atoms. The van der Waals surface area contributed by atoms with Crippen LogP contribution < -0.4 is 10.6 Å². The minimum Gasteiger partial charge on any atom is -0.338 e. The van der Waals surface area contributed by atoms with E-state index < -0.39 is 11.3 Å². The third-order valence-corrected chi connectivity index (χ3v) is 4.37. The smallest absolute Gasteiger partial charge is 0.321 e. The van der Waals surface area contributed by atoms with Crippen molar-refractivity contribution >= 4 is 23.7 Å². The number of carbonyl (C=O) groups is 2. The van der Waals surface area contributed by atoms with E-state index in [-0.39, 0.29) is 5.91 Å². The topological polar surface area (TPSA) is 88.9 Å². The Kier molecular flexibility index (Phi) is 6.36. The monoisotopic (exact) mass is 347 g/mol. The van der Waals surface area contributed by atoms with Gasteiger partial charge in [-0.05, 0) is 20.8 Å². The number of imide groups is 1. The van der Waals surface area contributed by atoms with E-state index in [9.17, 15) is 9.59 Å². The molecule has 0 aliphatic rings. The number of nitrogens with one attached hydrogen (secondary N) is 2. The minimum absolute atomic E-state index is 0.363. The van der Waals surface area contributed by atoms with Crippen LogP contribution in [0.2, 0.25) is 0 Å². The first-order valence-electron chi connectivity index (χ1n) is 7.80. The van der Waals surface area contributed by atoms with Crippen LogP contribution in [0.5, 0.6) is 0 Å². The molecule has 128 valence electrons. The van der Waals surface area contributed by atoms with Gasteiger partial charge in [0.25, 0.3) is 0 Å². The molecule has 7 nitrogen and oxygen atoms in total. The molecule has 3 amide bonds. The molecule has 1 heterocycles. The molecule has 0 aliphatic heterocycles. The molecular weight excluding hydrogens is 326 g/mol. The van der Waals surface area contributed by atoms with Gasteiger partial charge in [-0.15, -0.1) is 10.2 Å². The number of urea groups is 1. The second-order valence-corrected chi connectivity index (χ2v) is 6.33. The second-order valence-electron chi connectivity index (χ2n) is 5.03. The van der Waals surface area contributed by atoms with Crippen molar-refractivity contribution < 1.29 is 9.59 Å². The van der Waals surface area contributed by atoms with Gasteiger partial charge >= 0.3 is 6.03 Å². The lowest BCUT2D eigenvalue weighted by Crippen LogP contribution is -2.42. The first kappa shape index (κ1) is 18.0. The van der Waals surface area contributed by atoms with Crippen LogP contribution in [0.3, 0.4) is 0 Å². The van der Waals surface area contributed by atoms with Crippen LogP contribution in [0.4, 0.5) is 4.79 Å². The van der Waals surface area contributed by atoms with Gasteiger partial charge in [-0.2, -0.15) is 0 Å². The molecule has 2 N–H and O–H groups in total. The maximum Gasteiger partial charge on any atom is 0.321 e. The second kappa shape index (κ2) is 8.49. The van der Waals surface area contributed by atoms with Crippen molar-refractivity contribution in [3.63, 3.8) is 0 Å². The highest BCUT2D eigenvalue weighted by Crippen LogP contribution is 2.26. The fourth-order valence-corrected chi connectivity index (χ4v) is 3.00. The summed E-state index contributed by atoms with van der Waals surface area (Å²) in [6, 6.07) is 9.28. The van der Waals surface area contributed by atoms with Crippen molar-refractivity contribution in [2.75, 3.05) is 6.54 Å². The number of hydrogen-bond donors (Lipinski definition) is 2. The molecule has 0 unspecified atom stereocenters.